The smallest absolute Gasteiger partial charge is 0.108 e. The van der Waals surface area contributed by atoms with Gasteiger partial charge in [-0.2, -0.15) is 0 Å². The number of hydrogen-bond donors (Lipinski definition) is 1. The molecule has 2 unspecified atom stereocenters. The lowest BCUT2D eigenvalue weighted by atomic mass is 9.94. The van der Waals surface area contributed by atoms with Gasteiger partial charge in [0.25, 0.3) is 0 Å². The summed E-state index contributed by atoms with van der Waals surface area (Å²) in [4.78, 5) is 4.45. The number of nitrogens with zero attached hydrogens (tertiary/aromatic N) is 2. The van der Waals surface area contributed by atoms with E-state index in [-0.39, 0.29) is 0 Å². The molecule has 1 saturated carbocycles. The summed E-state index contributed by atoms with van der Waals surface area (Å²) in [7, 11) is 2.10. The predicted molar refractivity (Wildman–Crippen MR) is 71.0 cm³/mol. The van der Waals surface area contributed by atoms with Crippen LogP contribution in [-0.4, -0.2) is 22.1 Å². The molecule has 2 rings (SSSR count). The number of aryl methyl sites for hydroxylation is 1. The zero-order valence-electron chi connectivity index (χ0n) is 11.2. The monoisotopic (exact) mass is 235 g/mol. The molecule has 0 spiro atoms. The lowest BCUT2D eigenvalue weighted by molar-refractivity contribution is 0.382. The van der Waals surface area contributed by atoms with Gasteiger partial charge in [-0.25, -0.2) is 4.98 Å². The molecule has 1 aliphatic carbocycles. The van der Waals surface area contributed by atoms with Crippen LogP contribution in [0.1, 0.15) is 44.9 Å². The van der Waals surface area contributed by atoms with Gasteiger partial charge in [-0.1, -0.05) is 19.8 Å². The Morgan fingerprint density at radius 3 is 2.94 bits per heavy atom. The van der Waals surface area contributed by atoms with Gasteiger partial charge < -0.3 is 9.88 Å². The van der Waals surface area contributed by atoms with Gasteiger partial charge in [-0.05, 0) is 31.7 Å². The third-order valence-corrected chi connectivity index (χ3v) is 3.92. The first-order valence-corrected chi connectivity index (χ1v) is 6.99. The van der Waals surface area contributed by atoms with E-state index in [1.165, 1.54) is 37.9 Å². The first-order valence-electron chi connectivity index (χ1n) is 6.99. The average Bonchev–Trinajstić information content (AvgIpc) is 2.59. The summed E-state index contributed by atoms with van der Waals surface area (Å²) in [5.74, 6) is 2.05. The van der Waals surface area contributed by atoms with Crippen LogP contribution < -0.4 is 5.32 Å². The van der Waals surface area contributed by atoms with Crippen molar-refractivity contribution in [1.29, 1.82) is 0 Å². The zero-order valence-corrected chi connectivity index (χ0v) is 11.2. The maximum Gasteiger partial charge on any atom is 0.108 e. The zero-order chi connectivity index (χ0) is 12.1. The fourth-order valence-corrected chi connectivity index (χ4v) is 2.97. The van der Waals surface area contributed by atoms with Crippen molar-refractivity contribution in [2.24, 2.45) is 13.0 Å². The molecule has 3 heteroatoms. The second-order valence-electron chi connectivity index (χ2n) is 5.30. The van der Waals surface area contributed by atoms with E-state index < -0.39 is 0 Å². The SMILES string of the molecule is CCNC1CCCCC(Cc2nccn2C)C1. The number of imidazole rings is 1. The van der Waals surface area contributed by atoms with Crippen LogP contribution in [0.5, 0.6) is 0 Å². The Kier molecular flexibility index (Phi) is 4.60. The van der Waals surface area contributed by atoms with Crippen LogP contribution in [0.3, 0.4) is 0 Å². The van der Waals surface area contributed by atoms with Crippen molar-refractivity contribution in [3.63, 3.8) is 0 Å². The van der Waals surface area contributed by atoms with Crippen molar-refractivity contribution >= 4 is 0 Å². The van der Waals surface area contributed by atoms with Crippen LogP contribution in [0.25, 0.3) is 0 Å². The predicted octanol–water partition coefficient (Wildman–Crippen LogP) is 2.52. The average molecular weight is 235 g/mol. The minimum atomic E-state index is 0.729. The molecule has 0 aromatic carbocycles. The van der Waals surface area contributed by atoms with Crippen LogP contribution in [0.15, 0.2) is 12.4 Å². The Labute approximate surface area is 105 Å². The van der Waals surface area contributed by atoms with E-state index in [0.29, 0.717) is 0 Å². The highest BCUT2D eigenvalue weighted by atomic mass is 15.0. The van der Waals surface area contributed by atoms with Crippen molar-refractivity contribution in [3.05, 3.63) is 18.2 Å². The van der Waals surface area contributed by atoms with Crippen LogP contribution >= 0.6 is 0 Å². The Morgan fingerprint density at radius 2 is 2.24 bits per heavy atom. The first kappa shape index (κ1) is 12.6. The Bertz CT molecular complexity index is 332. The fourth-order valence-electron chi connectivity index (χ4n) is 2.97. The van der Waals surface area contributed by atoms with E-state index in [2.05, 4.69) is 28.8 Å². The molecule has 1 aromatic rings. The first-order chi connectivity index (χ1) is 8.29. The molecule has 17 heavy (non-hydrogen) atoms. The highest BCUT2D eigenvalue weighted by Crippen LogP contribution is 2.25. The van der Waals surface area contributed by atoms with Gasteiger partial charge in [-0.3, -0.25) is 0 Å². The molecule has 1 fully saturated rings. The number of hydrogen-bond acceptors (Lipinski definition) is 2. The molecule has 3 nitrogen and oxygen atoms in total. The lowest BCUT2D eigenvalue weighted by Crippen LogP contribution is -2.30. The second kappa shape index (κ2) is 6.20. The number of aromatic nitrogens is 2. The summed E-state index contributed by atoms with van der Waals surface area (Å²) in [5, 5.41) is 3.62. The molecule has 0 radical (unpaired) electrons. The molecule has 1 heterocycles. The maximum absolute atomic E-state index is 4.45. The molecule has 1 N–H and O–H groups in total. The molecule has 0 amide bonds. The van der Waals surface area contributed by atoms with Crippen molar-refractivity contribution < 1.29 is 0 Å². The van der Waals surface area contributed by atoms with Crippen molar-refractivity contribution in [1.82, 2.24) is 14.9 Å². The minimum Gasteiger partial charge on any atom is -0.338 e. The molecule has 96 valence electrons. The summed E-state index contributed by atoms with van der Waals surface area (Å²) in [6, 6.07) is 0.729. The maximum atomic E-state index is 4.45. The topological polar surface area (TPSA) is 29.9 Å². The van der Waals surface area contributed by atoms with Crippen LogP contribution in [0.2, 0.25) is 0 Å². The van der Waals surface area contributed by atoms with Crippen LogP contribution in [0, 0.1) is 5.92 Å². The molecule has 0 saturated heterocycles. The van der Waals surface area contributed by atoms with Crippen LogP contribution in [0.4, 0.5) is 0 Å². The quantitative estimate of drug-likeness (QED) is 0.813. The number of rotatable bonds is 4. The van der Waals surface area contributed by atoms with Gasteiger partial charge in [0.2, 0.25) is 0 Å². The molecular weight excluding hydrogens is 210 g/mol. The second-order valence-corrected chi connectivity index (χ2v) is 5.30. The summed E-state index contributed by atoms with van der Waals surface area (Å²) in [6.07, 6.45) is 11.9. The van der Waals surface area contributed by atoms with E-state index in [1.807, 2.05) is 12.4 Å². The molecule has 1 aliphatic rings. The third kappa shape index (κ3) is 3.56. The normalized spacial score (nSPS) is 25.8. The van der Waals surface area contributed by atoms with Gasteiger partial charge in [0.15, 0.2) is 0 Å². The standard InChI is InChI=1S/C14H25N3/c1-3-15-13-7-5-4-6-12(10-13)11-14-16-8-9-17(14)2/h8-9,12-13,15H,3-7,10-11H2,1-2H3. The van der Waals surface area contributed by atoms with Crippen LogP contribution in [-0.2, 0) is 13.5 Å². The lowest BCUT2D eigenvalue weighted by Gasteiger charge is -2.20. The van der Waals surface area contributed by atoms with Crippen molar-refractivity contribution in [2.75, 3.05) is 6.54 Å². The Hall–Kier alpha value is -0.830. The molecule has 0 bridgehead atoms. The van der Waals surface area contributed by atoms with Gasteiger partial charge in [0.1, 0.15) is 5.82 Å². The van der Waals surface area contributed by atoms with Crippen molar-refractivity contribution in [3.8, 4) is 0 Å². The highest BCUT2D eigenvalue weighted by Gasteiger charge is 2.20. The largest absolute Gasteiger partial charge is 0.338 e. The summed E-state index contributed by atoms with van der Waals surface area (Å²) >= 11 is 0. The highest BCUT2D eigenvalue weighted by molar-refractivity contribution is 4.94. The minimum absolute atomic E-state index is 0.729. The molecular formula is C14H25N3. The Balaban J connectivity index is 1.92. The van der Waals surface area contributed by atoms with E-state index in [4.69, 9.17) is 0 Å². The summed E-state index contributed by atoms with van der Waals surface area (Å²) in [6.45, 7) is 3.30. The van der Waals surface area contributed by atoms with Crippen molar-refractivity contribution in [2.45, 2.75) is 51.5 Å². The molecule has 0 aliphatic heterocycles. The van der Waals surface area contributed by atoms with E-state index in [9.17, 15) is 0 Å². The van der Waals surface area contributed by atoms with Gasteiger partial charge >= 0.3 is 0 Å². The Morgan fingerprint density at radius 1 is 1.41 bits per heavy atom. The molecule has 2 atom stereocenters. The summed E-state index contributed by atoms with van der Waals surface area (Å²) in [5.41, 5.74) is 0. The molecule has 1 aromatic heterocycles. The van der Waals surface area contributed by atoms with Gasteiger partial charge in [0.05, 0.1) is 0 Å². The number of nitrogens with one attached hydrogen (secondary N) is 1. The fraction of sp³-hybridized carbons (Fsp3) is 0.786. The summed E-state index contributed by atoms with van der Waals surface area (Å²) < 4.78 is 2.16. The van der Waals surface area contributed by atoms with E-state index >= 15 is 0 Å². The third-order valence-electron chi connectivity index (χ3n) is 3.92. The van der Waals surface area contributed by atoms with Gasteiger partial charge in [-0.15, -0.1) is 0 Å². The van der Waals surface area contributed by atoms with E-state index in [0.717, 1.165) is 24.9 Å². The van der Waals surface area contributed by atoms with E-state index in [1.54, 1.807) is 0 Å². The van der Waals surface area contributed by atoms with Gasteiger partial charge in [0, 0.05) is 31.9 Å².